The summed E-state index contributed by atoms with van der Waals surface area (Å²) < 4.78 is 5.30. The number of halogens is 1. The number of hydrogen-bond donors (Lipinski definition) is 1. The average molecular weight is 456 g/mol. The molecule has 1 N–H and O–H groups in total. The molecule has 0 saturated heterocycles. The number of hydrogen-bond acceptors (Lipinski definition) is 6. The summed E-state index contributed by atoms with van der Waals surface area (Å²) in [6.07, 6.45) is 1.54. The summed E-state index contributed by atoms with van der Waals surface area (Å²) in [6, 6.07) is 17.3. The maximum absolute atomic E-state index is 12.8. The molecule has 2 aromatic heterocycles. The highest BCUT2D eigenvalue weighted by Crippen LogP contribution is 2.37. The first-order chi connectivity index (χ1) is 14.5. The number of carbonyl (C=O) groups excluding carboxylic acids is 1. The molecule has 8 heteroatoms. The molecule has 1 amide bonds. The van der Waals surface area contributed by atoms with Gasteiger partial charge in [-0.3, -0.25) is 4.79 Å². The van der Waals surface area contributed by atoms with E-state index < -0.39 is 0 Å². The van der Waals surface area contributed by atoms with Gasteiger partial charge in [-0.1, -0.05) is 53.7 Å². The van der Waals surface area contributed by atoms with E-state index in [1.807, 2.05) is 25.1 Å². The number of rotatable bonds is 6. The first kappa shape index (κ1) is 20.7. The van der Waals surface area contributed by atoms with Gasteiger partial charge in [0.25, 0.3) is 0 Å². The second-order valence-electron chi connectivity index (χ2n) is 6.47. The van der Waals surface area contributed by atoms with Crippen LogP contribution in [0.3, 0.4) is 0 Å². The summed E-state index contributed by atoms with van der Waals surface area (Å²) in [5.74, 6) is 0.394. The van der Waals surface area contributed by atoms with Crippen LogP contribution in [0.5, 0.6) is 5.75 Å². The van der Waals surface area contributed by atoms with Crippen LogP contribution in [0.25, 0.3) is 20.7 Å². The van der Waals surface area contributed by atoms with Gasteiger partial charge in [-0.2, -0.15) is 0 Å². The van der Waals surface area contributed by atoms with Gasteiger partial charge in [0.2, 0.25) is 5.91 Å². The number of carbonyl (C=O) groups is 1. The number of thioether (sulfide) groups is 1. The monoisotopic (exact) mass is 455 g/mol. The summed E-state index contributed by atoms with van der Waals surface area (Å²) in [4.78, 5) is 23.6. The number of thiophene rings is 1. The minimum absolute atomic E-state index is 0.161. The molecule has 4 aromatic rings. The SMILES string of the molecule is COc1ccc(Cl)cc1NC(=O)C(C)Sc1ncnc2sc(-c3ccccc3)cc12. The average Bonchev–Trinajstić information content (AvgIpc) is 3.20. The van der Waals surface area contributed by atoms with Gasteiger partial charge >= 0.3 is 0 Å². The molecule has 2 aromatic carbocycles. The van der Waals surface area contributed by atoms with Crippen LogP contribution in [0, 0.1) is 0 Å². The van der Waals surface area contributed by atoms with Crippen LogP contribution in [-0.4, -0.2) is 28.2 Å². The van der Waals surface area contributed by atoms with Crippen LogP contribution in [-0.2, 0) is 4.79 Å². The lowest BCUT2D eigenvalue weighted by atomic mass is 10.2. The zero-order chi connectivity index (χ0) is 21.1. The molecule has 0 aliphatic carbocycles. The summed E-state index contributed by atoms with van der Waals surface area (Å²) in [6.45, 7) is 1.84. The zero-order valence-corrected chi connectivity index (χ0v) is 18.6. The number of nitrogens with zero attached hydrogens (tertiary/aromatic N) is 2. The Morgan fingerprint density at radius 1 is 1.17 bits per heavy atom. The molecule has 0 aliphatic heterocycles. The molecule has 0 saturated carbocycles. The van der Waals surface area contributed by atoms with Gasteiger partial charge in [0.15, 0.2) is 0 Å². The quantitative estimate of drug-likeness (QED) is 0.279. The second kappa shape index (κ2) is 9.04. The van der Waals surface area contributed by atoms with Crippen molar-refractivity contribution in [2.24, 2.45) is 0 Å². The van der Waals surface area contributed by atoms with Crippen molar-refractivity contribution < 1.29 is 9.53 Å². The number of ether oxygens (including phenoxy) is 1. The minimum atomic E-state index is -0.383. The molecule has 5 nitrogen and oxygen atoms in total. The molecule has 0 bridgehead atoms. The fourth-order valence-electron chi connectivity index (χ4n) is 2.91. The molecule has 1 unspecified atom stereocenters. The van der Waals surface area contributed by atoms with E-state index in [0.29, 0.717) is 16.5 Å². The minimum Gasteiger partial charge on any atom is -0.495 e. The third-order valence-electron chi connectivity index (χ3n) is 4.43. The number of aromatic nitrogens is 2. The van der Waals surface area contributed by atoms with Crippen molar-refractivity contribution in [2.45, 2.75) is 17.2 Å². The van der Waals surface area contributed by atoms with Gasteiger partial charge in [-0.25, -0.2) is 9.97 Å². The van der Waals surface area contributed by atoms with Crippen LogP contribution >= 0.6 is 34.7 Å². The molecule has 0 fully saturated rings. The van der Waals surface area contributed by atoms with E-state index >= 15 is 0 Å². The van der Waals surface area contributed by atoms with Crippen LogP contribution < -0.4 is 10.1 Å². The van der Waals surface area contributed by atoms with Crippen molar-refractivity contribution in [1.29, 1.82) is 0 Å². The van der Waals surface area contributed by atoms with Crippen LogP contribution in [0.1, 0.15) is 6.92 Å². The Bertz CT molecular complexity index is 1200. The van der Waals surface area contributed by atoms with E-state index in [9.17, 15) is 4.79 Å². The van der Waals surface area contributed by atoms with E-state index in [-0.39, 0.29) is 11.2 Å². The van der Waals surface area contributed by atoms with Crippen LogP contribution in [0.15, 0.2) is 66.0 Å². The summed E-state index contributed by atoms with van der Waals surface area (Å²) in [7, 11) is 1.55. The normalized spacial score (nSPS) is 12.0. The molecule has 0 spiro atoms. The van der Waals surface area contributed by atoms with Crippen molar-refractivity contribution in [1.82, 2.24) is 9.97 Å². The van der Waals surface area contributed by atoms with E-state index in [2.05, 4.69) is 33.5 Å². The number of methoxy groups -OCH3 is 1. The highest BCUT2D eigenvalue weighted by molar-refractivity contribution is 8.00. The predicted molar refractivity (Wildman–Crippen MR) is 125 cm³/mol. The fourth-order valence-corrected chi connectivity index (χ4v) is 5.04. The van der Waals surface area contributed by atoms with Gasteiger partial charge < -0.3 is 10.1 Å². The molecule has 4 rings (SSSR count). The van der Waals surface area contributed by atoms with Gasteiger partial charge in [0.05, 0.1) is 18.0 Å². The lowest BCUT2D eigenvalue weighted by Crippen LogP contribution is -2.22. The van der Waals surface area contributed by atoms with Gasteiger partial charge in [-0.15, -0.1) is 11.3 Å². The van der Waals surface area contributed by atoms with Gasteiger partial charge in [0, 0.05) is 15.3 Å². The van der Waals surface area contributed by atoms with Crippen LogP contribution in [0.4, 0.5) is 5.69 Å². The maximum atomic E-state index is 12.8. The highest BCUT2D eigenvalue weighted by atomic mass is 35.5. The smallest absolute Gasteiger partial charge is 0.237 e. The Labute approximate surface area is 187 Å². The van der Waals surface area contributed by atoms with Gasteiger partial charge in [0.1, 0.15) is 21.9 Å². The second-order valence-corrected chi connectivity index (χ2v) is 9.26. The van der Waals surface area contributed by atoms with Crippen molar-refractivity contribution in [3.63, 3.8) is 0 Å². The number of benzene rings is 2. The molecular formula is C22H18ClN3O2S2. The predicted octanol–water partition coefficient (Wildman–Crippen LogP) is 6.14. The zero-order valence-electron chi connectivity index (χ0n) is 16.3. The Hall–Kier alpha value is -2.61. The maximum Gasteiger partial charge on any atom is 0.237 e. The molecule has 2 heterocycles. The topological polar surface area (TPSA) is 64.1 Å². The number of anilines is 1. The highest BCUT2D eigenvalue weighted by Gasteiger charge is 2.20. The Morgan fingerprint density at radius 3 is 2.73 bits per heavy atom. The lowest BCUT2D eigenvalue weighted by molar-refractivity contribution is -0.115. The van der Waals surface area contributed by atoms with E-state index in [1.165, 1.54) is 11.8 Å². The Kier molecular flexibility index (Phi) is 6.22. The first-order valence-electron chi connectivity index (χ1n) is 9.16. The fraction of sp³-hybridized carbons (Fsp3) is 0.136. The Balaban J connectivity index is 1.56. The van der Waals surface area contributed by atoms with Crippen molar-refractivity contribution in [3.8, 4) is 16.2 Å². The standard InChI is InChI=1S/C22H18ClN3O2S2/c1-13(20(27)26-17-10-15(23)8-9-18(17)28-2)29-21-16-11-19(14-6-4-3-5-7-14)30-22(16)25-12-24-21/h3-13H,1-2H3,(H,26,27). The molecule has 30 heavy (non-hydrogen) atoms. The number of amides is 1. The molecular weight excluding hydrogens is 438 g/mol. The van der Waals surface area contributed by atoms with Crippen molar-refractivity contribution >= 4 is 56.5 Å². The first-order valence-corrected chi connectivity index (χ1v) is 11.2. The third kappa shape index (κ3) is 4.43. The summed E-state index contributed by atoms with van der Waals surface area (Å²) in [5, 5.41) is 4.76. The number of nitrogens with one attached hydrogen (secondary N) is 1. The summed E-state index contributed by atoms with van der Waals surface area (Å²) in [5.41, 5.74) is 1.67. The summed E-state index contributed by atoms with van der Waals surface area (Å²) >= 11 is 9.07. The largest absolute Gasteiger partial charge is 0.495 e. The molecule has 0 radical (unpaired) electrons. The molecule has 152 valence electrons. The van der Waals surface area contributed by atoms with E-state index in [1.54, 1.807) is 43.0 Å². The molecule has 0 aliphatic rings. The molecule has 1 atom stereocenters. The van der Waals surface area contributed by atoms with Gasteiger partial charge in [-0.05, 0) is 36.8 Å². The lowest BCUT2D eigenvalue weighted by Gasteiger charge is -2.14. The van der Waals surface area contributed by atoms with Crippen LogP contribution in [0.2, 0.25) is 5.02 Å². The third-order valence-corrected chi connectivity index (χ3v) is 6.87. The Morgan fingerprint density at radius 2 is 1.97 bits per heavy atom. The van der Waals surface area contributed by atoms with Crippen molar-refractivity contribution in [2.75, 3.05) is 12.4 Å². The number of fused-ring (bicyclic) bond motifs is 1. The van der Waals surface area contributed by atoms with E-state index in [0.717, 1.165) is 25.7 Å². The van der Waals surface area contributed by atoms with E-state index in [4.69, 9.17) is 16.3 Å². The van der Waals surface area contributed by atoms with Crippen molar-refractivity contribution in [3.05, 3.63) is 65.9 Å².